The molecule has 1 aliphatic carbocycles. The molecule has 0 spiro atoms. The van der Waals surface area contributed by atoms with Gasteiger partial charge in [-0.05, 0) is 85.2 Å². The lowest BCUT2D eigenvalue weighted by molar-refractivity contribution is -0.213. The Balaban J connectivity index is 1.06. The number of aliphatic hydroxyl groups is 1. The Morgan fingerprint density at radius 3 is 2.23 bits per heavy atom. The summed E-state index contributed by atoms with van der Waals surface area (Å²) in [5.41, 5.74) is 1.22. The molecule has 1 saturated carbocycles. The van der Waals surface area contributed by atoms with Crippen molar-refractivity contribution >= 4 is 46.3 Å². The zero-order chi connectivity index (χ0) is 42.2. The number of nitrogens with one attached hydrogen (secondary N) is 2. The highest BCUT2D eigenvalue weighted by molar-refractivity contribution is 14.1. The van der Waals surface area contributed by atoms with Gasteiger partial charge in [0, 0.05) is 39.6 Å². The fourth-order valence-electron chi connectivity index (χ4n) is 8.84. The Morgan fingerprint density at radius 1 is 0.900 bits per heavy atom. The number of hydroxylamine groups is 2. The van der Waals surface area contributed by atoms with Gasteiger partial charge in [0.2, 0.25) is 11.7 Å². The molecule has 3 saturated heterocycles. The summed E-state index contributed by atoms with van der Waals surface area (Å²) in [7, 11) is 0. The van der Waals surface area contributed by atoms with E-state index in [2.05, 4.69) is 33.2 Å². The average Bonchev–Trinajstić information content (AvgIpc) is 3.81. The second-order valence-corrected chi connectivity index (χ2v) is 18.0. The van der Waals surface area contributed by atoms with Crippen LogP contribution in [0.25, 0.3) is 0 Å². The van der Waals surface area contributed by atoms with E-state index >= 15 is 4.79 Å². The van der Waals surface area contributed by atoms with Gasteiger partial charge >= 0.3 is 11.9 Å². The third-order valence-electron chi connectivity index (χ3n) is 11.4. The standard InChI is InChI=1S/C46H48IN3O10/c1-44(2,3)57-36(52)21-20-34(27-51)49-41(53)30-14-10-12-28(22-30)25-48-43(55)45-24-35-37-38(59-46(58-37,31-15-6-4-7-16-31)32-17-8-5-9-18-32)40(45)60-50(39(45)42(54)56-35)26-29-13-11-19-33(47)23-29/h4-19,22-23,34-35,37-40,51H,20-21,24-27H2,1-3H3,(H,48,55)(H,49,53)/t34-,35+,37-,38-,39-,40+,45-/m0/s1. The van der Waals surface area contributed by atoms with Gasteiger partial charge in [-0.25, -0.2) is 0 Å². The molecule has 0 unspecified atom stereocenters. The number of amides is 2. The van der Waals surface area contributed by atoms with E-state index in [9.17, 15) is 19.5 Å². The minimum atomic E-state index is -1.44. The van der Waals surface area contributed by atoms with Crippen LogP contribution in [0.5, 0.6) is 0 Å². The Bertz CT molecular complexity index is 2200. The maximum Gasteiger partial charge on any atom is 0.327 e. The predicted octanol–water partition coefficient (Wildman–Crippen LogP) is 5.31. The number of ether oxygens (including phenoxy) is 4. The SMILES string of the molecule is CC(C)(C)OC(=O)CC[C@@H](CO)NC(=O)c1cccc(CNC(=O)[C@@]23C[C@H]4OC(=O)[C@@H]2N(Cc2cccc(I)c2)O[C@@H]3[C@H]2OC(c3ccccc3)(c3ccccc3)O[C@H]24)c1. The molecule has 4 aromatic rings. The van der Waals surface area contributed by atoms with Crippen LogP contribution in [-0.4, -0.2) is 82.6 Å². The minimum Gasteiger partial charge on any atom is -0.460 e. The fraction of sp³-hybridized carbons (Fsp3) is 0.391. The van der Waals surface area contributed by atoms with Gasteiger partial charge in [-0.15, -0.1) is 0 Å². The van der Waals surface area contributed by atoms with E-state index in [-0.39, 0.29) is 39.0 Å². The van der Waals surface area contributed by atoms with E-state index in [0.717, 1.165) is 20.3 Å². The summed E-state index contributed by atoms with van der Waals surface area (Å²) in [5.74, 6) is -3.25. The number of halogens is 1. The van der Waals surface area contributed by atoms with Crippen molar-refractivity contribution in [3.63, 3.8) is 0 Å². The van der Waals surface area contributed by atoms with E-state index < -0.39 is 77.1 Å². The first-order valence-corrected chi connectivity index (χ1v) is 21.2. The van der Waals surface area contributed by atoms with E-state index in [1.165, 1.54) is 0 Å². The normalized spacial score (nSPS) is 25.8. The first-order chi connectivity index (χ1) is 28.8. The molecule has 2 amide bonds. The first kappa shape index (κ1) is 42.0. The van der Waals surface area contributed by atoms with Crippen LogP contribution >= 0.6 is 22.6 Å². The maximum atomic E-state index is 15.0. The number of hydrogen-bond acceptors (Lipinski definition) is 11. The summed E-state index contributed by atoms with van der Waals surface area (Å²) in [6.45, 7) is 5.19. The number of benzene rings is 4. The second kappa shape index (κ2) is 17.0. The van der Waals surface area contributed by atoms with Crippen LogP contribution in [0.3, 0.4) is 0 Å². The lowest BCUT2D eigenvalue weighted by Crippen LogP contribution is -2.69. The lowest BCUT2D eigenvalue weighted by atomic mass is 9.62. The van der Waals surface area contributed by atoms with Crippen LogP contribution in [0.1, 0.15) is 72.6 Å². The van der Waals surface area contributed by atoms with Crippen molar-refractivity contribution in [3.05, 3.63) is 141 Å². The Hall–Kier alpha value is -4.71. The molecule has 3 aliphatic heterocycles. The van der Waals surface area contributed by atoms with Crippen molar-refractivity contribution in [2.45, 2.75) is 101 Å². The molecular weight excluding hydrogens is 881 g/mol. The van der Waals surface area contributed by atoms with Crippen molar-refractivity contribution in [2.75, 3.05) is 6.61 Å². The zero-order valence-electron chi connectivity index (χ0n) is 33.5. The van der Waals surface area contributed by atoms with Gasteiger partial charge in [-0.2, -0.15) is 5.06 Å². The smallest absolute Gasteiger partial charge is 0.327 e. The van der Waals surface area contributed by atoms with Crippen LogP contribution in [-0.2, 0) is 57.0 Å². The van der Waals surface area contributed by atoms with Crippen molar-refractivity contribution in [1.82, 2.24) is 15.7 Å². The topological polar surface area (TPSA) is 162 Å². The van der Waals surface area contributed by atoms with E-state index in [4.69, 9.17) is 23.8 Å². The van der Waals surface area contributed by atoms with Crippen LogP contribution in [0.15, 0.2) is 109 Å². The second-order valence-electron chi connectivity index (χ2n) is 16.7. The molecule has 3 heterocycles. The maximum absolute atomic E-state index is 15.0. The van der Waals surface area contributed by atoms with Gasteiger partial charge in [-0.3, -0.25) is 24.0 Å². The predicted molar refractivity (Wildman–Crippen MR) is 225 cm³/mol. The van der Waals surface area contributed by atoms with Gasteiger partial charge < -0.3 is 34.7 Å². The molecule has 14 heteroatoms. The molecule has 2 bridgehead atoms. The number of fused-ring (bicyclic) bond motifs is 4. The molecule has 314 valence electrons. The summed E-state index contributed by atoms with van der Waals surface area (Å²) < 4.78 is 26.6. The van der Waals surface area contributed by atoms with Gasteiger partial charge in [0.25, 0.3) is 5.91 Å². The molecule has 13 nitrogen and oxygen atoms in total. The molecule has 7 atom stereocenters. The number of rotatable bonds is 13. The minimum absolute atomic E-state index is 0.0248. The molecule has 4 aromatic carbocycles. The summed E-state index contributed by atoms with van der Waals surface area (Å²) in [6, 6.07) is 32.0. The molecule has 8 rings (SSSR count). The molecule has 3 N–H and O–H groups in total. The number of carbonyl (C=O) groups excluding carboxylic acids is 4. The number of hydrogen-bond donors (Lipinski definition) is 3. The number of nitrogens with zero attached hydrogens (tertiary/aromatic N) is 1. The Morgan fingerprint density at radius 2 is 1.57 bits per heavy atom. The highest BCUT2D eigenvalue weighted by Gasteiger charge is 2.76. The van der Waals surface area contributed by atoms with Crippen LogP contribution in [0.4, 0.5) is 0 Å². The summed E-state index contributed by atoms with van der Waals surface area (Å²) in [4.78, 5) is 61.7. The van der Waals surface area contributed by atoms with E-state index in [1.54, 1.807) is 50.1 Å². The van der Waals surface area contributed by atoms with Crippen LogP contribution in [0, 0.1) is 8.99 Å². The van der Waals surface area contributed by atoms with E-state index in [1.807, 2.05) is 84.9 Å². The Labute approximate surface area is 362 Å². The molecule has 0 aromatic heterocycles. The highest BCUT2D eigenvalue weighted by atomic mass is 127. The molecule has 4 fully saturated rings. The van der Waals surface area contributed by atoms with E-state index in [0.29, 0.717) is 11.1 Å². The molecule has 0 radical (unpaired) electrons. The first-order valence-electron chi connectivity index (χ1n) is 20.2. The largest absolute Gasteiger partial charge is 0.460 e. The van der Waals surface area contributed by atoms with Gasteiger partial charge in [0.15, 0.2) is 6.04 Å². The zero-order valence-corrected chi connectivity index (χ0v) is 35.7. The van der Waals surface area contributed by atoms with Gasteiger partial charge in [-0.1, -0.05) is 84.9 Å². The van der Waals surface area contributed by atoms with Gasteiger partial charge in [0.05, 0.1) is 19.2 Å². The fourth-order valence-corrected chi connectivity index (χ4v) is 9.44. The Kier molecular flexibility index (Phi) is 11.9. The molecule has 60 heavy (non-hydrogen) atoms. The number of carbonyl (C=O) groups is 4. The third kappa shape index (κ3) is 8.20. The van der Waals surface area contributed by atoms with Crippen molar-refractivity contribution in [2.24, 2.45) is 5.41 Å². The summed E-state index contributed by atoms with van der Waals surface area (Å²) in [6.07, 6.45) is -3.01. The molecule has 4 aliphatic rings. The van der Waals surface area contributed by atoms with Crippen molar-refractivity contribution < 1.29 is 48.1 Å². The van der Waals surface area contributed by atoms with Crippen LogP contribution < -0.4 is 10.6 Å². The third-order valence-corrected chi connectivity index (χ3v) is 12.1. The lowest BCUT2D eigenvalue weighted by Gasteiger charge is -2.48. The number of aliphatic hydroxyl groups excluding tert-OH is 1. The summed E-state index contributed by atoms with van der Waals surface area (Å²) in [5, 5.41) is 17.4. The van der Waals surface area contributed by atoms with Crippen molar-refractivity contribution in [1.29, 1.82) is 0 Å². The van der Waals surface area contributed by atoms with Crippen LogP contribution in [0.2, 0.25) is 0 Å². The average molecular weight is 930 g/mol. The number of esters is 2. The monoisotopic (exact) mass is 929 g/mol. The highest BCUT2D eigenvalue weighted by Crippen LogP contribution is 2.59. The van der Waals surface area contributed by atoms with Crippen molar-refractivity contribution in [3.8, 4) is 0 Å². The quantitative estimate of drug-likeness (QED) is 0.118. The molecular formula is C46H48IN3O10. The van der Waals surface area contributed by atoms with Gasteiger partial charge in [0.1, 0.15) is 35.4 Å². The summed E-state index contributed by atoms with van der Waals surface area (Å²) >= 11 is 2.23.